The molecule has 1 saturated heterocycles. The van der Waals surface area contributed by atoms with Crippen LogP contribution in [0.3, 0.4) is 0 Å². The van der Waals surface area contributed by atoms with Gasteiger partial charge < -0.3 is 15.7 Å². The van der Waals surface area contributed by atoms with Crippen molar-refractivity contribution in [1.82, 2.24) is 20.1 Å². The van der Waals surface area contributed by atoms with E-state index in [1.807, 2.05) is 45.4 Å². The van der Waals surface area contributed by atoms with Gasteiger partial charge in [-0.1, -0.05) is 13.8 Å². The van der Waals surface area contributed by atoms with Crippen molar-refractivity contribution in [2.75, 3.05) is 11.9 Å². The van der Waals surface area contributed by atoms with Crippen LogP contribution in [0.4, 0.5) is 16.0 Å². The Hall–Kier alpha value is -2.81. The molecule has 1 fully saturated rings. The van der Waals surface area contributed by atoms with Crippen molar-refractivity contribution in [2.45, 2.75) is 79.3 Å². The van der Waals surface area contributed by atoms with Crippen LogP contribution in [0, 0.1) is 24.1 Å². The number of pyridine rings is 1. The average Bonchev–Trinajstić information content (AvgIpc) is 3.10. The number of carbonyl (C=O) groups excluding carboxylic acids is 1. The molecule has 9 heteroatoms. The fourth-order valence-corrected chi connectivity index (χ4v) is 4.67. The Kier molecular flexibility index (Phi) is 7.17. The number of carboxylic acid groups (broad SMARTS) is 1. The summed E-state index contributed by atoms with van der Waals surface area (Å²) >= 11 is 0. The number of nitrogens with zero attached hydrogens (tertiary/aromatic N) is 3. The zero-order chi connectivity index (χ0) is 25.4. The Balaban J connectivity index is 2.06. The number of hydrogen-bond acceptors (Lipinski definition) is 6. The molecular formula is C25H36FN5O3. The zero-order valence-electron chi connectivity index (χ0n) is 21.1. The number of halogens is 1. The lowest BCUT2D eigenvalue weighted by Crippen LogP contribution is -2.48. The Bertz CT molecular complexity index is 1090. The van der Waals surface area contributed by atoms with Crippen molar-refractivity contribution >= 4 is 23.4 Å². The molecule has 3 heterocycles. The lowest BCUT2D eigenvalue weighted by Gasteiger charge is -2.37. The predicted octanol–water partition coefficient (Wildman–Crippen LogP) is 4.45. The van der Waals surface area contributed by atoms with Gasteiger partial charge in [0, 0.05) is 30.1 Å². The highest BCUT2D eigenvalue weighted by Crippen LogP contribution is 2.37. The lowest BCUT2D eigenvalue weighted by atomic mass is 9.72. The van der Waals surface area contributed by atoms with Crippen LogP contribution in [0.15, 0.2) is 12.1 Å². The van der Waals surface area contributed by atoms with Crippen molar-refractivity contribution in [3.63, 3.8) is 0 Å². The van der Waals surface area contributed by atoms with Gasteiger partial charge in [0.1, 0.15) is 5.82 Å². The molecule has 1 aliphatic rings. The first-order valence-corrected chi connectivity index (χ1v) is 11.8. The molecule has 0 amide bonds. The molecule has 34 heavy (non-hydrogen) atoms. The Morgan fingerprint density at radius 3 is 2.53 bits per heavy atom. The maximum absolute atomic E-state index is 15.6. The smallest absolute Gasteiger partial charge is 0.310 e. The van der Waals surface area contributed by atoms with E-state index >= 15 is 4.39 Å². The van der Waals surface area contributed by atoms with E-state index in [0.717, 1.165) is 5.69 Å². The second-order valence-electron chi connectivity index (χ2n) is 10.8. The molecule has 0 aromatic carbocycles. The fraction of sp³-hybridized carbons (Fsp3) is 0.600. The van der Waals surface area contributed by atoms with Gasteiger partial charge in [0.05, 0.1) is 22.2 Å². The monoisotopic (exact) mass is 473 g/mol. The van der Waals surface area contributed by atoms with Crippen LogP contribution in [-0.2, 0) is 16.8 Å². The van der Waals surface area contributed by atoms with Gasteiger partial charge in [-0.05, 0) is 60.1 Å². The van der Waals surface area contributed by atoms with Crippen molar-refractivity contribution in [3.05, 3.63) is 34.9 Å². The molecule has 0 spiro atoms. The molecule has 8 nitrogen and oxygen atoms in total. The maximum Gasteiger partial charge on any atom is 0.310 e. The Morgan fingerprint density at radius 1 is 1.32 bits per heavy atom. The van der Waals surface area contributed by atoms with Gasteiger partial charge in [-0.2, -0.15) is 5.10 Å². The Morgan fingerprint density at radius 2 is 2.00 bits per heavy atom. The van der Waals surface area contributed by atoms with Gasteiger partial charge in [0.25, 0.3) is 0 Å². The number of piperidine rings is 1. The molecule has 2 aromatic heterocycles. The number of anilines is 2. The second kappa shape index (κ2) is 9.44. The number of nitrogens with one attached hydrogen (secondary N) is 2. The largest absolute Gasteiger partial charge is 0.481 e. The van der Waals surface area contributed by atoms with E-state index in [1.165, 1.54) is 6.07 Å². The van der Waals surface area contributed by atoms with Crippen LogP contribution < -0.4 is 10.6 Å². The van der Waals surface area contributed by atoms with Crippen LogP contribution in [0.1, 0.15) is 76.1 Å². The third-order valence-corrected chi connectivity index (χ3v) is 6.35. The molecule has 0 radical (unpaired) electrons. The van der Waals surface area contributed by atoms with E-state index in [4.69, 9.17) is 0 Å². The number of aromatic nitrogens is 3. The molecule has 0 aliphatic carbocycles. The third-order valence-electron chi connectivity index (χ3n) is 6.35. The fourth-order valence-electron chi connectivity index (χ4n) is 4.67. The number of ketones is 1. The highest BCUT2D eigenvalue weighted by Gasteiger charge is 2.43. The number of Topliss-reactive ketones (excluding diaryl/α,β-unsaturated/α-hetero) is 1. The van der Waals surface area contributed by atoms with Crippen LogP contribution in [0.2, 0.25) is 0 Å². The van der Waals surface area contributed by atoms with E-state index in [9.17, 15) is 14.7 Å². The van der Waals surface area contributed by atoms with Crippen molar-refractivity contribution in [2.24, 2.45) is 11.3 Å². The molecule has 0 unspecified atom stereocenters. The van der Waals surface area contributed by atoms with Crippen LogP contribution >= 0.6 is 0 Å². The normalized spacial score (nSPS) is 21.0. The number of carbonyl (C=O) groups is 2. The SMILES string of the molecule is Cc1cc(Nc2cc(C(=O)C(C)C)c(F)c(C[C@@]3(C(=O)O)CCN[C@H](C)C3)n2)nn1C(C)(C)C. The van der Waals surface area contributed by atoms with Crippen molar-refractivity contribution in [1.29, 1.82) is 0 Å². The number of aliphatic carboxylic acids is 1. The highest BCUT2D eigenvalue weighted by atomic mass is 19.1. The minimum atomic E-state index is -1.15. The molecule has 3 N–H and O–H groups in total. The van der Waals surface area contributed by atoms with Gasteiger partial charge in [0.2, 0.25) is 0 Å². The first-order chi connectivity index (χ1) is 15.7. The minimum Gasteiger partial charge on any atom is -0.481 e. The molecular weight excluding hydrogens is 437 g/mol. The van der Waals surface area contributed by atoms with E-state index in [1.54, 1.807) is 13.8 Å². The summed E-state index contributed by atoms with van der Waals surface area (Å²) in [4.78, 5) is 29.6. The summed E-state index contributed by atoms with van der Waals surface area (Å²) in [5, 5.41) is 21.0. The number of aryl methyl sites for hydroxylation is 1. The first kappa shape index (κ1) is 25.8. The highest BCUT2D eigenvalue weighted by molar-refractivity contribution is 5.98. The quantitative estimate of drug-likeness (QED) is 0.510. The topological polar surface area (TPSA) is 109 Å². The first-order valence-electron chi connectivity index (χ1n) is 11.8. The molecule has 0 saturated carbocycles. The molecule has 2 atom stereocenters. The van der Waals surface area contributed by atoms with Crippen LogP contribution in [0.25, 0.3) is 0 Å². The van der Waals surface area contributed by atoms with Crippen molar-refractivity contribution in [3.8, 4) is 0 Å². The van der Waals surface area contributed by atoms with E-state index in [2.05, 4.69) is 20.7 Å². The summed E-state index contributed by atoms with van der Waals surface area (Å²) in [6, 6.07) is 3.23. The van der Waals surface area contributed by atoms with Gasteiger partial charge >= 0.3 is 5.97 Å². The summed E-state index contributed by atoms with van der Waals surface area (Å²) < 4.78 is 17.4. The molecule has 186 valence electrons. The van der Waals surface area contributed by atoms with Crippen molar-refractivity contribution < 1.29 is 19.1 Å². The Labute approximate surface area is 200 Å². The standard InChI is InChI=1S/C25H36FN5O3/c1-14(2)22(32)17-11-19(29-20-10-16(4)31(30-20)24(5,6)7)28-18(21(17)26)13-25(23(33)34)8-9-27-15(3)12-25/h10-11,14-15,27H,8-9,12-13H2,1-7H3,(H,33,34)(H,28,29,30)/t15-,25-/m1/s1. The number of rotatable bonds is 7. The lowest BCUT2D eigenvalue weighted by molar-refractivity contribution is -0.151. The summed E-state index contributed by atoms with van der Waals surface area (Å²) in [6.07, 6.45) is 0.612. The predicted molar refractivity (Wildman–Crippen MR) is 129 cm³/mol. The van der Waals surface area contributed by atoms with Crippen LogP contribution in [0.5, 0.6) is 0 Å². The van der Waals surface area contributed by atoms with Crippen LogP contribution in [-0.4, -0.2) is 44.2 Å². The summed E-state index contributed by atoms with van der Waals surface area (Å²) in [5.41, 5.74) is -0.553. The zero-order valence-corrected chi connectivity index (χ0v) is 21.1. The summed E-state index contributed by atoms with van der Waals surface area (Å²) in [6.45, 7) is 13.9. The van der Waals surface area contributed by atoms with E-state index in [-0.39, 0.29) is 40.9 Å². The molecule has 2 aromatic rings. The summed E-state index contributed by atoms with van der Waals surface area (Å²) in [5.74, 6) is -1.72. The van der Waals surface area contributed by atoms with Gasteiger partial charge in [-0.15, -0.1) is 0 Å². The summed E-state index contributed by atoms with van der Waals surface area (Å²) in [7, 11) is 0. The van der Waals surface area contributed by atoms with Gasteiger partial charge in [-0.3, -0.25) is 14.3 Å². The van der Waals surface area contributed by atoms with Gasteiger partial charge in [-0.25, -0.2) is 9.37 Å². The second-order valence-corrected chi connectivity index (χ2v) is 10.8. The van der Waals surface area contributed by atoms with Gasteiger partial charge in [0.15, 0.2) is 17.4 Å². The molecule has 1 aliphatic heterocycles. The minimum absolute atomic E-state index is 0.0162. The molecule has 3 rings (SSSR count). The third kappa shape index (κ3) is 5.29. The maximum atomic E-state index is 15.6. The molecule has 0 bridgehead atoms. The van der Waals surface area contributed by atoms with E-state index in [0.29, 0.717) is 25.2 Å². The number of carboxylic acids is 1. The van der Waals surface area contributed by atoms with E-state index < -0.39 is 23.1 Å². The number of hydrogen-bond donors (Lipinski definition) is 3. The average molecular weight is 474 g/mol.